The zero-order valence-electron chi connectivity index (χ0n) is 13.4. The number of anilines is 2. The maximum Gasteiger partial charge on any atom is 0.323 e. The van der Waals surface area contributed by atoms with Gasteiger partial charge < -0.3 is 15.4 Å². The quantitative estimate of drug-likeness (QED) is 0.767. The number of hydrogen-bond donors (Lipinski definition) is 2. The van der Waals surface area contributed by atoms with Gasteiger partial charge in [0.15, 0.2) is 0 Å². The lowest BCUT2D eigenvalue weighted by molar-refractivity contribution is 0.222. The Bertz CT molecular complexity index is 432. The molecule has 0 atom stereocenters. The number of rotatable bonds is 8. The van der Waals surface area contributed by atoms with Gasteiger partial charge in [-0.1, -0.05) is 25.7 Å². The summed E-state index contributed by atoms with van der Waals surface area (Å²) in [6, 6.07) is 0.374. The molecule has 0 radical (unpaired) electrons. The van der Waals surface area contributed by atoms with Gasteiger partial charge in [-0.25, -0.2) is 0 Å². The highest BCUT2D eigenvalue weighted by atomic mass is 16.5. The maximum atomic E-state index is 5.58. The van der Waals surface area contributed by atoms with Crippen molar-refractivity contribution in [1.29, 1.82) is 0 Å². The summed E-state index contributed by atoms with van der Waals surface area (Å²) in [5.74, 6) is 2.01. The summed E-state index contributed by atoms with van der Waals surface area (Å²) in [5, 5.41) is 6.41. The Morgan fingerprint density at radius 3 is 2.38 bits per heavy atom. The molecule has 0 spiro atoms. The smallest absolute Gasteiger partial charge is 0.323 e. The van der Waals surface area contributed by atoms with Crippen molar-refractivity contribution in [1.82, 2.24) is 15.0 Å². The van der Waals surface area contributed by atoms with Crippen LogP contribution in [-0.2, 0) is 0 Å². The average molecular weight is 293 g/mol. The Balaban J connectivity index is 1.93. The normalized spacial score (nSPS) is 15.4. The van der Waals surface area contributed by atoms with E-state index in [0.29, 0.717) is 17.9 Å². The van der Waals surface area contributed by atoms with Crippen LogP contribution >= 0.6 is 0 Å². The molecular formula is C15H27N5O. The Hall–Kier alpha value is -1.59. The van der Waals surface area contributed by atoms with Crippen LogP contribution in [0.25, 0.3) is 0 Å². The van der Waals surface area contributed by atoms with Gasteiger partial charge in [0.2, 0.25) is 11.9 Å². The van der Waals surface area contributed by atoms with Crippen LogP contribution in [0.3, 0.4) is 0 Å². The molecule has 0 amide bonds. The second kappa shape index (κ2) is 8.00. The highest BCUT2D eigenvalue weighted by molar-refractivity contribution is 5.35. The predicted molar refractivity (Wildman–Crippen MR) is 84.8 cm³/mol. The first-order valence-electron chi connectivity index (χ1n) is 8.08. The molecular weight excluding hydrogens is 266 g/mol. The molecule has 21 heavy (non-hydrogen) atoms. The van der Waals surface area contributed by atoms with E-state index in [9.17, 15) is 0 Å². The van der Waals surface area contributed by atoms with Crippen molar-refractivity contribution < 1.29 is 4.74 Å². The Morgan fingerprint density at radius 2 is 1.76 bits per heavy atom. The van der Waals surface area contributed by atoms with Crippen LogP contribution in [0.2, 0.25) is 0 Å². The van der Waals surface area contributed by atoms with Crippen LogP contribution in [0.5, 0.6) is 6.01 Å². The fourth-order valence-corrected chi connectivity index (χ4v) is 2.62. The molecule has 0 bridgehead atoms. The second-order valence-corrected chi connectivity index (χ2v) is 5.83. The van der Waals surface area contributed by atoms with Crippen molar-refractivity contribution in [3.63, 3.8) is 0 Å². The standard InChI is InChI=1S/C15H27N5O/c1-4-16-13-18-14(20-15(19-13)21-11(2)3)17-10-9-12-7-5-6-8-12/h11-12H,4-10H2,1-3H3,(H2,16,17,18,19,20). The van der Waals surface area contributed by atoms with E-state index in [-0.39, 0.29) is 6.10 Å². The molecule has 1 heterocycles. The van der Waals surface area contributed by atoms with Crippen LogP contribution in [0.1, 0.15) is 52.9 Å². The Kier molecular flexibility index (Phi) is 6.02. The lowest BCUT2D eigenvalue weighted by Gasteiger charge is -2.13. The molecule has 6 nitrogen and oxygen atoms in total. The van der Waals surface area contributed by atoms with Gasteiger partial charge in [0.1, 0.15) is 0 Å². The van der Waals surface area contributed by atoms with E-state index in [2.05, 4.69) is 25.6 Å². The van der Waals surface area contributed by atoms with Crippen molar-refractivity contribution in [3.8, 4) is 6.01 Å². The van der Waals surface area contributed by atoms with E-state index in [1.807, 2.05) is 20.8 Å². The maximum absolute atomic E-state index is 5.58. The summed E-state index contributed by atoms with van der Waals surface area (Å²) in [4.78, 5) is 12.9. The minimum Gasteiger partial charge on any atom is -0.461 e. The van der Waals surface area contributed by atoms with Crippen molar-refractivity contribution >= 4 is 11.9 Å². The molecule has 1 aliphatic rings. The predicted octanol–water partition coefficient (Wildman–Crippen LogP) is 3.08. The monoisotopic (exact) mass is 293 g/mol. The lowest BCUT2D eigenvalue weighted by atomic mass is 10.0. The lowest BCUT2D eigenvalue weighted by Crippen LogP contribution is -2.15. The molecule has 1 aromatic rings. The van der Waals surface area contributed by atoms with E-state index in [1.54, 1.807) is 0 Å². The first kappa shape index (κ1) is 15.8. The van der Waals surface area contributed by atoms with Crippen LogP contribution in [0.15, 0.2) is 0 Å². The third-order valence-electron chi connectivity index (χ3n) is 3.60. The SMILES string of the molecule is CCNc1nc(NCCC2CCCC2)nc(OC(C)C)n1. The first-order valence-corrected chi connectivity index (χ1v) is 8.08. The molecule has 1 fully saturated rings. The third-order valence-corrected chi connectivity index (χ3v) is 3.60. The molecule has 1 saturated carbocycles. The van der Waals surface area contributed by atoms with Gasteiger partial charge in [-0.3, -0.25) is 0 Å². The van der Waals surface area contributed by atoms with E-state index in [4.69, 9.17) is 4.74 Å². The van der Waals surface area contributed by atoms with Crippen molar-refractivity contribution in [2.45, 2.75) is 59.0 Å². The van der Waals surface area contributed by atoms with Crippen LogP contribution in [-0.4, -0.2) is 34.1 Å². The van der Waals surface area contributed by atoms with Crippen molar-refractivity contribution in [3.05, 3.63) is 0 Å². The molecule has 1 aromatic heterocycles. The molecule has 0 unspecified atom stereocenters. The first-order chi connectivity index (χ1) is 10.2. The van der Waals surface area contributed by atoms with Gasteiger partial charge >= 0.3 is 6.01 Å². The number of hydrogen-bond acceptors (Lipinski definition) is 6. The van der Waals surface area contributed by atoms with Gasteiger partial charge in [0, 0.05) is 13.1 Å². The summed E-state index contributed by atoms with van der Waals surface area (Å²) in [6.07, 6.45) is 6.73. The molecule has 0 aromatic carbocycles. The number of nitrogens with one attached hydrogen (secondary N) is 2. The van der Waals surface area contributed by atoms with Gasteiger partial charge in [-0.15, -0.1) is 0 Å². The van der Waals surface area contributed by atoms with E-state index < -0.39 is 0 Å². The van der Waals surface area contributed by atoms with Gasteiger partial charge in [0.25, 0.3) is 0 Å². The van der Waals surface area contributed by atoms with Gasteiger partial charge in [0.05, 0.1) is 6.10 Å². The summed E-state index contributed by atoms with van der Waals surface area (Å²) < 4.78 is 5.58. The van der Waals surface area contributed by atoms with Crippen molar-refractivity contribution in [2.75, 3.05) is 23.7 Å². The highest BCUT2D eigenvalue weighted by Gasteiger charge is 2.15. The van der Waals surface area contributed by atoms with Crippen LogP contribution in [0.4, 0.5) is 11.9 Å². The van der Waals surface area contributed by atoms with Gasteiger partial charge in [-0.2, -0.15) is 15.0 Å². The largest absolute Gasteiger partial charge is 0.461 e. The van der Waals surface area contributed by atoms with E-state index in [1.165, 1.54) is 32.1 Å². The van der Waals surface area contributed by atoms with E-state index >= 15 is 0 Å². The summed E-state index contributed by atoms with van der Waals surface area (Å²) >= 11 is 0. The second-order valence-electron chi connectivity index (χ2n) is 5.83. The Morgan fingerprint density at radius 1 is 1.10 bits per heavy atom. The zero-order valence-corrected chi connectivity index (χ0v) is 13.4. The molecule has 6 heteroatoms. The molecule has 0 saturated heterocycles. The number of nitrogens with zero attached hydrogens (tertiary/aromatic N) is 3. The van der Waals surface area contributed by atoms with Crippen LogP contribution in [0, 0.1) is 5.92 Å². The topological polar surface area (TPSA) is 72.0 Å². The highest BCUT2D eigenvalue weighted by Crippen LogP contribution is 2.27. The third kappa shape index (κ3) is 5.36. The molecule has 1 aliphatic carbocycles. The fraction of sp³-hybridized carbons (Fsp3) is 0.800. The fourth-order valence-electron chi connectivity index (χ4n) is 2.62. The summed E-state index contributed by atoms with van der Waals surface area (Å²) in [5.41, 5.74) is 0. The number of ether oxygens (including phenoxy) is 1. The van der Waals surface area contributed by atoms with Crippen LogP contribution < -0.4 is 15.4 Å². The summed E-state index contributed by atoms with van der Waals surface area (Å²) in [6.45, 7) is 7.61. The van der Waals surface area contributed by atoms with Crippen molar-refractivity contribution in [2.24, 2.45) is 5.92 Å². The Labute approximate surface area is 127 Å². The molecule has 2 rings (SSSR count). The molecule has 0 aliphatic heterocycles. The molecule has 2 N–H and O–H groups in total. The molecule has 118 valence electrons. The minimum absolute atomic E-state index is 0.0493. The van der Waals surface area contributed by atoms with Gasteiger partial charge in [-0.05, 0) is 33.1 Å². The summed E-state index contributed by atoms with van der Waals surface area (Å²) in [7, 11) is 0. The zero-order chi connectivity index (χ0) is 15.1. The minimum atomic E-state index is 0.0493. The number of aromatic nitrogens is 3. The van der Waals surface area contributed by atoms with E-state index in [0.717, 1.165) is 19.0 Å². The average Bonchev–Trinajstić information content (AvgIpc) is 2.91.